The van der Waals surface area contributed by atoms with Crippen LogP contribution in [0.5, 0.6) is 0 Å². The van der Waals surface area contributed by atoms with Crippen molar-refractivity contribution in [2.45, 2.75) is 275 Å². The highest BCUT2D eigenvalue weighted by Gasteiger charge is 2.44. The standard InChI is InChI=1S/C62H107NO8/c1-3-5-7-9-11-13-15-17-19-21-23-25-27-28-30-32-34-36-38-40-42-44-46-48-50-52-58(66)63-55(54-70-62-61(69)60(68)59(67)57(53-64)71-62)56(65)51-49-47-45-43-41-39-37-35-33-31-29-26-24-22-20-18-16-14-12-10-8-6-4-2/h5,7,11,13,17,19,23,25,28,30,34,36,40,42,49,51,55-57,59-62,64-65,67-69H,3-4,6,8-10,12,14-16,18,20-22,24,26-27,29,31-33,35,37-39,41,43-48,50,52-54H2,1-2H3,(H,63,66)/b7-5-,13-11-,19-17-,25-23-,30-28-,36-34-,42-40-,51-49+. The smallest absolute Gasteiger partial charge is 0.220 e. The van der Waals surface area contributed by atoms with Gasteiger partial charge in [0, 0.05) is 6.42 Å². The maximum atomic E-state index is 13.1. The Morgan fingerprint density at radius 3 is 1.30 bits per heavy atom. The fraction of sp³-hybridized carbons (Fsp3) is 0.726. The number of allylic oxidation sites excluding steroid dienone is 15. The topological polar surface area (TPSA) is 149 Å². The van der Waals surface area contributed by atoms with Gasteiger partial charge in [0.25, 0.3) is 0 Å². The maximum absolute atomic E-state index is 13.1. The third kappa shape index (κ3) is 40.2. The Labute approximate surface area is 434 Å². The van der Waals surface area contributed by atoms with Crippen LogP contribution in [0.1, 0.15) is 232 Å². The molecule has 1 saturated heterocycles. The summed E-state index contributed by atoms with van der Waals surface area (Å²) in [5.41, 5.74) is 0. The SMILES string of the molecule is CC/C=C\C/C=C\C/C=C\C/C=C\C/C=C\C/C=C\C/C=C\CCCCCC(=O)NC(COC1OC(CO)C(O)C(O)C1O)C(O)/C=C/CCCCCCCCCCCCCCCCCCCCCCC. The van der Waals surface area contributed by atoms with E-state index >= 15 is 0 Å². The van der Waals surface area contributed by atoms with Crippen LogP contribution in [0.2, 0.25) is 0 Å². The van der Waals surface area contributed by atoms with Gasteiger partial charge in [-0.25, -0.2) is 0 Å². The van der Waals surface area contributed by atoms with E-state index in [9.17, 15) is 30.3 Å². The molecule has 7 unspecified atom stereocenters. The number of aliphatic hydroxyl groups is 5. The molecule has 71 heavy (non-hydrogen) atoms. The molecule has 1 fully saturated rings. The van der Waals surface area contributed by atoms with Crippen LogP contribution < -0.4 is 5.32 Å². The lowest BCUT2D eigenvalue weighted by Gasteiger charge is -2.40. The van der Waals surface area contributed by atoms with Crippen LogP contribution in [0, 0.1) is 0 Å². The lowest BCUT2D eigenvalue weighted by Crippen LogP contribution is -2.60. The lowest BCUT2D eigenvalue weighted by molar-refractivity contribution is -0.302. The molecule has 1 amide bonds. The summed E-state index contributed by atoms with van der Waals surface area (Å²) in [7, 11) is 0. The zero-order valence-electron chi connectivity index (χ0n) is 45.2. The minimum absolute atomic E-state index is 0.207. The van der Waals surface area contributed by atoms with Gasteiger partial charge in [-0.1, -0.05) is 246 Å². The number of carbonyl (C=O) groups is 1. The van der Waals surface area contributed by atoms with Crippen molar-refractivity contribution in [3.8, 4) is 0 Å². The molecule has 9 nitrogen and oxygen atoms in total. The first-order valence-corrected chi connectivity index (χ1v) is 29.0. The Bertz CT molecular complexity index is 1430. The molecule has 1 aliphatic rings. The van der Waals surface area contributed by atoms with Crippen molar-refractivity contribution < 1.29 is 39.8 Å². The van der Waals surface area contributed by atoms with E-state index < -0.39 is 49.5 Å². The van der Waals surface area contributed by atoms with Crippen molar-refractivity contribution >= 4 is 5.91 Å². The van der Waals surface area contributed by atoms with E-state index in [1.807, 2.05) is 6.08 Å². The van der Waals surface area contributed by atoms with Crippen LogP contribution in [0.25, 0.3) is 0 Å². The second-order valence-electron chi connectivity index (χ2n) is 19.7. The van der Waals surface area contributed by atoms with Gasteiger partial charge in [0.05, 0.1) is 25.4 Å². The van der Waals surface area contributed by atoms with Crippen LogP contribution in [0.3, 0.4) is 0 Å². The van der Waals surface area contributed by atoms with Crippen LogP contribution in [-0.4, -0.2) is 87.5 Å². The number of hydrogen-bond acceptors (Lipinski definition) is 8. The van der Waals surface area contributed by atoms with Crippen LogP contribution in [-0.2, 0) is 14.3 Å². The molecule has 0 aromatic heterocycles. The normalized spacial score (nSPS) is 20.0. The molecule has 0 radical (unpaired) electrons. The van der Waals surface area contributed by atoms with Gasteiger partial charge in [-0.3, -0.25) is 4.79 Å². The van der Waals surface area contributed by atoms with Gasteiger partial charge in [-0.05, 0) is 77.0 Å². The highest BCUT2D eigenvalue weighted by atomic mass is 16.7. The molecule has 0 bridgehead atoms. The minimum Gasteiger partial charge on any atom is -0.394 e. The van der Waals surface area contributed by atoms with Gasteiger partial charge >= 0.3 is 0 Å². The Kier molecular flexibility index (Phi) is 47.2. The van der Waals surface area contributed by atoms with Crippen molar-refractivity contribution in [3.05, 3.63) is 97.2 Å². The molecular weight excluding hydrogens is 887 g/mol. The molecule has 1 aliphatic heterocycles. The van der Waals surface area contributed by atoms with Gasteiger partial charge in [0.2, 0.25) is 5.91 Å². The number of carbonyl (C=O) groups excluding carboxylic acids is 1. The molecule has 9 heteroatoms. The molecule has 408 valence electrons. The van der Waals surface area contributed by atoms with Crippen LogP contribution in [0.4, 0.5) is 0 Å². The van der Waals surface area contributed by atoms with Gasteiger partial charge < -0.3 is 40.3 Å². The first-order valence-electron chi connectivity index (χ1n) is 29.0. The first-order chi connectivity index (χ1) is 34.8. The quantitative estimate of drug-likeness (QED) is 0.0261. The predicted molar refractivity (Wildman–Crippen MR) is 299 cm³/mol. The minimum atomic E-state index is -1.58. The van der Waals surface area contributed by atoms with Crippen molar-refractivity contribution in [1.82, 2.24) is 5.32 Å². The number of nitrogens with one attached hydrogen (secondary N) is 1. The van der Waals surface area contributed by atoms with E-state index in [4.69, 9.17) is 9.47 Å². The molecule has 0 aromatic rings. The highest BCUT2D eigenvalue weighted by molar-refractivity contribution is 5.76. The summed E-state index contributed by atoms with van der Waals surface area (Å²) < 4.78 is 11.3. The summed E-state index contributed by atoms with van der Waals surface area (Å²) in [6.07, 6.45) is 66.1. The summed E-state index contributed by atoms with van der Waals surface area (Å²) in [6.45, 7) is 3.65. The molecule has 6 N–H and O–H groups in total. The summed E-state index contributed by atoms with van der Waals surface area (Å²) in [5, 5.41) is 54.5. The summed E-state index contributed by atoms with van der Waals surface area (Å²) in [4.78, 5) is 13.1. The third-order valence-corrected chi connectivity index (χ3v) is 13.2. The molecule has 7 atom stereocenters. The zero-order chi connectivity index (χ0) is 51.5. The number of ether oxygens (including phenoxy) is 2. The molecule has 0 spiro atoms. The maximum Gasteiger partial charge on any atom is 0.220 e. The Morgan fingerprint density at radius 2 is 0.873 bits per heavy atom. The Morgan fingerprint density at radius 1 is 0.493 bits per heavy atom. The molecule has 0 aliphatic carbocycles. The van der Waals surface area contributed by atoms with E-state index in [0.29, 0.717) is 12.8 Å². The second kappa shape index (κ2) is 50.6. The Balaban J connectivity index is 2.29. The van der Waals surface area contributed by atoms with Crippen LogP contribution >= 0.6 is 0 Å². The molecule has 0 aromatic carbocycles. The average molecular weight is 995 g/mol. The molecule has 1 rings (SSSR count). The van der Waals surface area contributed by atoms with Gasteiger partial charge in [-0.15, -0.1) is 0 Å². The van der Waals surface area contributed by atoms with Crippen molar-refractivity contribution in [3.63, 3.8) is 0 Å². The van der Waals surface area contributed by atoms with Gasteiger partial charge in [0.1, 0.15) is 24.4 Å². The predicted octanol–water partition coefficient (Wildman–Crippen LogP) is 14.4. The fourth-order valence-corrected chi connectivity index (χ4v) is 8.61. The second-order valence-corrected chi connectivity index (χ2v) is 19.7. The molecule has 0 saturated carbocycles. The molecular formula is C62H107NO8. The summed E-state index contributed by atoms with van der Waals surface area (Å²) in [5.74, 6) is -0.211. The number of unbranched alkanes of at least 4 members (excludes halogenated alkanes) is 24. The first kappa shape index (κ1) is 66.1. The number of hydrogen-bond donors (Lipinski definition) is 6. The van der Waals surface area contributed by atoms with E-state index in [1.54, 1.807) is 6.08 Å². The van der Waals surface area contributed by atoms with Crippen molar-refractivity contribution in [2.24, 2.45) is 0 Å². The number of aliphatic hydroxyl groups excluding tert-OH is 5. The van der Waals surface area contributed by atoms with E-state index in [1.165, 1.54) is 122 Å². The molecule has 1 heterocycles. The van der Waals surface area contributed by atoms with Crippen LogP contribution in [0.15, 0.2) is 97.2 Å². The van der Waals surface area contributed by atoms with Gasteiger partial charge in [-0.2, -0.15) is 0 Å². The highest BCUT2D eigenvalue weighted by Crippen LogP contribution is 2.23. The van der Waals surface area contributed by atoms with E-state index in [2.05, 4.69) is 104 Å². The summed E-state index contributed by atoms with van der Waals surface area (Å²) >= 11 is 0. The average Bonchev–Trinajstić information content (AvgIpc) is 3.37. The van der Waals surface area contributed by atoms with E-state index in [-0.39, 0.29) is 12.5 Å². The largest absolute Gasteiger partial charge is 0.394 e. The monoisotopic (exact) mass is 994 g/mol. The fourth-order valence-electron chi connectivity index (χ4n) is 8.61. The lowest BCUT2D eigenvalue weighted by atomic mass is 9.99. The Hall–Kier alpha value is -2.89. The van der Waals surface area contributed by atoms with Crippen molar-refractivity contribution in [2.75, 3.05) is 13.2 Å². The van der Waals surface area contributed by atoms with Gasteiger partial charge in [0.15, 0.2) is 6.29 Å². The third-order valence-electron chi connectivity index (χ3n) is 13.2. The van der Waals surface area contributed by atoms with E-state index in [0.717, 1.165) is 83.5 Å². The summed E-state index contributed by atoms with van der Waals surface area (Å²) in [6, 6.07) is -0.831. The van der Waals surface area contributed by atoms with Crippen molar-refractivity contribution in [1.29, 1.82) is 0 Å². The number of rotatable bonds is 48. The zero-order valence-corrected chi connectivity index (χ0v) is 45.2. The number of amides is 1.